The maximum atomic E-state index is 10.5. The topological polar surface area (TPSA) is 133 Å². The molecule has 0 radical (unpaired) electrons. The van der Waals surface area contributed by atoms with Gasteiger partial charge in [-0.2, -0.15) is 0 Å². The summed E-state index contributed by atoms with van der Waals surface area (Å²) < 4.78 is 7.65. The lowest BCUT2D eigenvalue weighted by molar-refractivity contribution is -0.0948. The zero-order valence-corrected chi connectivity index (χ0v) is 13.1. The summed E-state index contributed by atoms with van der Waals surface area (Å²) in [6.45, 7) is 0.997. The van der Waals surface area contributed by atoms with Crippen molar-refractivity contribution >= 4 is 32.8 Å². The van der Waals surface area contributed by atoms with Gasteiger partial charge in [-0.1, -0.05) is 0 Å². The van der Waals surface area contributed by atoms with Crippen molar-refractivity contribution in [2.75, 3.05) is 12.1 Å². The quantitative estimate of drug-likeness (QED) is 0.474. The molecule has 3 heterocycles. The number of ether oxygens (including phenoxy) is 1. The summed E-state index contributed by atoms with van der Waals surface area (Å²) in [6.07, 6.45) is -0.279. The second kappa shape index (κ2) is 5.41. The summed E-state index contributed by atoms with van der Waals surface area (Å²) in [5.41, 5.74) is 0.732. The van der Waals surface area contributed by atoms with Crippen molar-refractivity contribution in [3.63, 3.8) is 0 Å². The van der Waals surface area contributed by atoms with Crippen LogP contribution < -0.4 is 5.48 Å². The van der Waals surface area contributed by atoms with Gasteiger partial charge in [0.1, 0.15) is 29.8 Å². The molecule has 1 aliphatic heterocycles. The van der Waals surface area contributed by atoms with E-state index in [4.69, 9.17) is 9.94 Å². The molecule has 2 aromatic heterocycles. The number of halogens is 1. The van der Waals surface area contributed by atoms with Gasteiger partial charge in [-0.15, -0.1) is 0 Å². The van der Waals surface area contributed by atoms with E-state index < -0.39 is 30.6 Å². The van der Waals surface area contributed by atoms with E-state index >= 15 is 0 Å². The van der Waals surface area contributed by atoms with Gasteiger partial charge in [0.05, 0.1) is 12.0 Å². The summed E-state index contributed by atoms with van der Waals surface area (Å²) in [5.74, 6) is 0.188. The molecule has 1 saturated heterocycles. The van der Waals surface area contributed by atoms with Gasteiger partial charge in [0.2, 0.25) is 0 Å². The first-order valence-corrected chi connectivity index (χ1v) is 7.29. The van der Waals surface area contributed by atoms with E-state index in [-0.39, 0.29) is 5.82 Å². The molecule has 5 N–H and O–H groups in total. The number of aliphatic hydroxyl groups is 3. The number of hydrogen-bond acceptors (Lipinski definition) is 8. The minimum atomic E-state index is -1.63. The fourth-order valence-corrected chi connectivity index (χ4v) is 3.28. The highest BCUT2D eigenvalue weighted by molar-refractivity contribution is 9.10. The number of anilines is 1. The SMILES string of the molecule is CC1(O)[C@H](O)[C@@H](CO)O[C@H]1n1cc(Br)c2c(NO)ncnc21. The molecular formula is C12H15BrN4O5. The third-order valence-electron chi connectivity index (χ3n) is 3.86. The van der Waals surface area contributed by atoms with E-state index in [0.29, 0.717) is 15.5 Å². The Hall–Kier alpha value is -1.30. The van der Waals surface area contributed by atoms with Gasteiger partial charge < -0.3 is 24.6 Å². The van der Waals surface area contributed by atoms with Crippen molar-refractivity contribution in [2.24, 2.45) is 0 Å². The number of nitrogens with one attached hydrogen (secondary N) is 1. The van der Waals surface area contributed by atoms with Gasteiger partial charge in [0, 0.05) is 10.7 Å². The highest BCUT2D eigenvalue weighted by Crippen LogP contribution is 2.41. The van der Waals surface area contributed by atoms with E-state index in [1.807, 2.05) is 5.48 Å². The molecule has 1 fully saturated rings. The van der Waals surface area contributed by atoms with Gasteiger partial charge in [0.15, 0.2) is 12.0 Å². The predicted molar refractivity (Wildman–Crippen MR) is 78.3 cm³/mol. The van der Waals surface area contributed by atoms with E-state index in [1.165, 1.54) is 17.8 Å². The average molecular weight is 375 g/mol. The van der Waals surface area contributed by atoms with E-state index in [1.54, 1.807) is 6.20 Å². The molecule has 2 aromatic rings. The van der Waals surface area contributed by atoms with Crippen LogP contribution in [-0.2, 0) is 4.74 Å². The molecule has 0 spiro atoms. The molecule has 3 rings (SSSR count). The van der Waals surface area contributed by atoms with Gasteiger partial charge >= 0.3 is 0 Å². The molecule has 1 unspecified atom stereocenters. The van der Waals surface area contributed by atoms with Crippen LogP contribution in [0.15, 0.2) is 17.0 Å². The Balaban J connectivity index is 2.15. The van der Waals surface area contributed by atoms with Crippen LogP contribution in [-0.4, -0.2) is 59.5 Å². The monoisotopic (exact) mass is 374 g/mol. The highest BCUT2D eigenvalue weighted by atomic mass is 79.9. The molecular weight excluding hydrogens is 360 g/mol. The van der Waals surface area contributed by atoms with Crippen molar-refractivity contribution in [1.29, 1.82) is 0 Å². The van der Waals surface area contributed by atoms with E-state index in [0.717, 1.165) is 0 Å². The molecule has 22 heavy (non-hydrogen) atoms. The Labute approximate surface area is 133 Å². The van der Waals surface area contributed by atoms with Crippen LogP contribution in [0.5, 0.6) is 0 Å². The first kappa shape index (κ1) is 15.6. The van der Waals surface area contributed by atoms with Crippen molar-refractivity contribution in [2.45, 2.75) is 31.0 Å². The number of hydrogen-bond donors (Lipinski definition) is 5. The zero-order chi connectivity index (χ0) is 16.1. The summed E-state index contributed by atoms with van der Waals surface area (Å²) in [7, 11) is 0. The van der Waals surface area contributed by atoms with Gasteiger partial charge in [-0.05, 0) is 22.9 Å². The minimum Gasteiger partial charge on any atom is -0.394 e. The van der Waals surface area contributed by atoms with Crippen LogP contribution in [0.4, 0.5) is 5.82 Å². The van der Waals surface area contributed by atoms with Crippen molar-refractivity contribution in [3.05, 3.63) is 17.0 Å². The molecule has 0 amide bonds. The smallest absolute Gasteiger partial charge is 0.167 e. The molecule has 120 valence electrons. The van der Waals surface area contributed by atoms with Crippen LogP contribution in [0.2, 0.25) is 0 Å². The molecule has 1 aliphatic rings. The molecule has 4 atom stereocenters. The normalized spacial score (nSPS) is 31.8. The van der Waals surface area contributed by atoms with Crippen LogP contribution >= 0.6 is 15.9 Å². The lowest BCUT2D eigenvalue weighted by Crippen LogP contribution is -2.44. The van der Waals surface area contributed by atoms with Gasteiger partial charge in [-0.25, -0.2) is 9.97 Å². The highest BCUT2D eigenvalue weighted by Gasteiger charge is 2.53. The fourth-order valence-electron chi connectivity index (χ4n) is 2.69. The van der Waals surface area contributed by atoms with E-state index in [9.17, 15) is 15.3 Å². The summed E-state index contributed by atoms with van der Waals surface area (Å²) in [4.78, 5) is 8.03. The summed E-state index contributed by atoms with van der Waals surface area (Å²) >= 11 is 3.34. The summed E-state index contributed by atoms with van der Waals surface area (Å²) in [6, 6.07) is 0. The molecule has 9 nitrogen and oxygen atoms in total. The second-order valence-corrected chi connectivity index (χ2v) is 6.15. The first-order valence-electron chi connectivity index (χ1n) is 6.49. The van der Waals surface area contributed by atoms with Crippen molar-refractivity contribution < 1.29 is 25.3 Å². The standard InChI is InChI=1S/C12H15BrN4O5/c1-12(20)8(19)6(3-18)22-11(12)17-2-5(13)7-9(16-21)14-4-15-10(7)17/h2,4,6,8,11,18-21H,3H2,1H3,(H,14,15,16)/t6-,8-,11-,12?/m1/s1. The molecule has 0 saturated carbocycles. The Morgan fingerprint density at radius 1 is 1.50 bits per heavy atom. The van der Waals surface area contributed by atoms with Gasteiger partial charge in [-0.3, -0.25) is 10.7 Å². The average Bonchev–Trinajstić information content (AvgIpc) is 2.95. The number of nitrogens with zero attached hydrogens (tertiary/aromatic N) is 3. The first-order chi connectivity index (χ1) is 10.4. The molecule has 0 aliphatic carbocycles. The second-order valence-electron chi connectivity index (χ2n) is 5.30. The maximum Gasteiger partial charge on any atom is 0.167 e. The third-order valence-corrected chi connectivity index (χ3v) is 4.46. The Kier molecular flexibility index (Phi) is 3.83. The molecule has 0 bridgehead atoms. The lowest BCUT2D eigenvalue weighted by atomic mass is 9.96. The third kappa shape index (κ3) is 2.11. The van der Waals surface area contributed by atoms with Crippen LogP contribution in [0.1, 0.15) is 13.2 Å². The van der Waals surface area contributed by atoms with Gasteiger partial charge in [0.25, 0.3) is 0 Å². The zero-order valence-electron chi connectivity index (χ0n) is 11.5. The molecule has 10 heteroatoms. The fraction of sp³-hybridized carbons (Fsp3) is 0.500. The van der Waals surface area contributed by atoms with Crippen LogP contribution in [0.25, 0.3) is 11.0 Å². The number of aliphatic hydroxyl groups excluding tert-OH is 2. The Morgan fingerprint density at radius 3 is 2.82 bits per heavy atom. The Morgan fingerprint density at radius 2 is 2.23 bits per heavy atom. The van der Waals surface area contributed by atoms with Crippen molar-refractivity contribution in [3.8, 4) is 0 Å². The maximum absolute atomic E-state index is 10.5. The lowest BCUT2D eigenvalue weighted by Gasteiger charge is -2.27. The van der Waals surface area contributed by atoms with E-state index in [2.05, 4.69) is 25.9 Å². The minimum absolute atomic E-state index is 0.188. The predicted octanol–water partition coefficient (Wildman–Crippen LogP) is -0.00350. The number of aromatic nitrogens is 3. The van der Waals surface area contributed by atoms with Crippen LogP contribution in [0, 0.1) is 0 Å². The number of fused-ring (bicyclic) bond motifs is 1. The Bertz CT molecular complexity index is 706. The van der Waals surface area contributed by atoms with Crippen LogP contribution in [0.3, 0.4) is 0 Å². The number of rotatable bonds is 3. The van der Waals surface area contributed by atoms with Crippen molar-refractivity contribution in [1.82, 2.24) is 14.5 Å². The summed E-state index contributed by atoms with van der Waals surface area (Å²) in [5, 5.41) is 39.5. The molecule has 0 aromatic carbocycles. The largest absolute Gasteiger partial charge is 0.394 e.